The first kappa shape index (κ1) is 14.3. The average Bonchev–Trinajstić information content (AvgIpc) is 2.85. The third-order valence-electron chi connectivity index (χ3n) is 5.63. The van der Waals surface area contributed by atoms with Crippen LogP contribution in [-0.2, 0) is 4.74 Å². The summed E-state index contributed by atoms with van der Waals surface area (Å²) in [5.74, 6) is 0.473. The topological polar surface area (TPSA) is 63.2 Å². The summed E-state index contributed by atoms with van der Waals surface area (Å²) >= 11 is 6.18. The largest absolute Gasteiger partial charge is 0.377 e. The smallest absolute Gasteiger partial charge is 0.319 e. The molecule has 1 aromatic rings. The lowest BCUT2D eigenvalue weighted by Crippen LogP contribution is -2.72. The molecule has 0 radical (unpaired) electrons. The lowest BCUT2D eigenvalue weighted by Gasteiger charge is -2.63. The minimum atomic E-state index is -0.186. The van der Waals surface area contributed by atoms with Crippen molar-refractivity contribution < 1.29 is 9.53 Å². The molecule has 1 aliphatic heterocycles. The number of carbonyl (C=O) groups is 1. The Kier molecular flexibility index (Phi) is 3.31. The summed E-state index contributed by atoms with van der Waals surface area (Å²) in [6.45, 7) is 2.65. The van der Waals surface area contributed by atoms with Crippen molar-refractivity contribution in [2.75, 3.05) is 11.9 Å². The number of hydrogen-bond donors (Lipinski definition) is 2. The minimum absolute atomic E-state index is 0.186. The Hall–Kier alpha value is -1.33. The van der Waals surface area contributed by atoms with E-state index in [-0.39, 0.29) is 17.5 Å². The van der Waals surface area contributed by atoms with E-state index in [2.05, 4.69) is 15.6 Å². The van der Waals surface area contributed by atoms with Gasteiger partial charge in [0.1, 0.15) is 0 Å². The third kappa shape index (κ3) is 1.95. The summed E-state index contributed by atoms with van der Waals surface area (Å²) in [7, 11) is 0. The first-order chi connectivity index (χ1) is 10.6. The van der Waals surface area contributed by atoms with Crippen molar-refractivity contribution in [3.05, 3.63) is 23.0 Å². The number of aromatic nitrogens is 1. The molecule has 2 N–H and O–H groups in total. The zero-order valence-corrected chi connectivity index (χ0v) is 13.3. The van der Waals surface area contributed by atoms with Gasteiger partial charge in [-0.1, -0.05) is 18.0 Å². The van der Waals surface area contributed by atoms with Crippen LogP contribution in [0.4, 0.5) is 10.5 Å². The number of fused-ring (bicyclic) bond motifs is 2. The van der Waals surface area contributed by atoms with Crippen LogP contribution in [0.5, 0.6) is 0 Å². The van der Waals surface area contributed by atoms with E-state index in [0.29, 0.717) is 28.4 Å². The summed E-state index contributed by atoms with van der Waals surface area (Å²) in [6, 6.07) is 1.76. The van der Waals surface area contributed by atoms with Gasteiger partial charge in [-0.3, -0.25) is 4.98 Å². The number of hydrogen-bond acceptors (Lipinski definition) is 3. The van der Waals surface area contributed by atoms with Crippen LogP contribution in [0.2, 0.25) is 5.02 Å². The predicted octanol–water partition coefficient (Wildman–Crippen LogP) is 3.12. The number of urea groups is 1. The zero-order chi connectivity index (χ0) is 15.3. The Morgan fingerprint density at radius 1 is 1.50 bits per heavy atom. The molecule has 6 heteroatoms. The molecule has 4 rings (SSSR count). The molecule has 1 aromatic heterocycles. The van der Waals surface area contributed by atoms with Crippen LogP contribution < -0.4 is 10.6 Å². The van der Waals surface area contributed by atoms with Gasteiger partial charge in [-0.2, -0.15) is 0 Å². The highest BCUT2D eigenvalue weighted by atomic mass is 35.5. The monoisotopic (exact) mass is 321 g/mol. The summed E-state index contributed by atoms with van der Waals surface area (Å²) in [5, 5.41) is 6.51. The number of ether oxygens (including phenoxy) is 1. The van der Waals surface area contributed by atoms with Crippen LogP contribution in [0.1, 0.15) is 31.4 Å². The lowest BCUT2D eigenvalue weighted by atomic mass is 9.46. The Bertz CT molecular complexity index is 617. The summed E-state index contributed by atoms with van der Waals surface area (Å²) < 4.78 is 5.87. The molecule has 0 unspecified atom stereocenters. The third-order valence-corrected chi connectivity index (χ3v) is 6.11. The number of pyridine rings is 1. The van der Waals surface area contributed by atoms with E-state index in [9.17, 15) is 4.79 Å². The molecular formula is C16H20ClN3O2. The number of nitrogens with zero attached hydrogens (tertiary/aromatic N) is 1. The van der Waals surface area contributed by atoms with E-state index < -0.39 is 0 Å². The minimum Gasteiger partial charge on any atom is -0.377 e. The molecule has 2 amide bonds. The van der Waals surface area contributed by atoms with E-state index >= 15 is 0 Å². The van der Waals surface area contributed by atoms with Gasteiger partial charge < -0.3 is 15.4 Å². The quantitative estimate of drug-likeness (QED) is 0.879. The number of nitrogens with one attached hydrogen (secondary N) is 2. The first-order valence-electron chi connectivity index (χ1n) is 7.92. The number of anilines is 1. The fourth-order valence-corrected chi connectivity index (χ4v) is 4.56. The SMILES string of the molecule is Cc1nccc(NC(=O)N[C@@H]2[C@@H]3CCO[C@H]3C23CCC3)c1Cl. The molecule has 0 bridgehead atoms. The van der Waals surface area contributed by atoms with Crippen molar-refractivity contribution in [1.29, 1.82) is 0 Å². The number of rotatable bonds is 2. The number of carbonyl (C=O) groups excluding carboxylic acids is 1. The highest BCUT2D eigenvalue weighted by Crippen LogP contribution is 2.62. The van der Waals surface area contributed by atoms with Gasteiger partial charge >= 0.3 is 6.03 Å². The van der Waals surface area contributed by atoms with Gasteiger partial charge in [-0.15, -0.1) is 0 Å². The highest BCUT2D eigenvalue weighted by Gasteiger charge is 2.66. The van der Waals surface area contributed by atoms with Crippen molar-refractivity contribution in [3.8, 4) is 0 Å². The number of halogens is 1. The van der Waals surface area contributed by atoms with Crippen molar-refractivity contribution >= 4 is 23.3 Å². The summed E-state index contributed by atoms with van der Waals surface area (Å²) in [5.41, 5.74) is 1.51. The van der Waals surface area contributed by atoms with Crippen LogP contribution >= 0.6 is 11.6 Å². The molecule has 2 aliphatic carbocycles. The lowest BCUT2D eigenvalue weighted by molar-refractivity contribution is -0.171. The van der Waals surface area contributed by atoms with Crippen LogP contribution in [0.15, 0.2) is 12.3 Å². The zero-order valence-electron chi connectivity index (χ0n) is 12.6. The second kappa shape index (κ2) is 5.10. The van der Waals surface area contributed by atoms with Gasteiger partial charge in [0.15, 0.2) is 0 Å². The van der Waals surface area contributed by atoms with Gasteiger partial charge in [0, 0.05) is 30.2 Å². The summed E-state index contributed by atoms with van der Waals surface area (Å²) in [6.07, 6.45) is 6.61. The normalized spacial score (nSPS) is 31.1. The fraction of sp³-hybridized carbons (Fsp3) is 0.625. The van der Waals surface area contributed by atoms with Gasteiger partial charge in [0.05, 0.1) is 22.5 Å². The van der Waals surface area contributed by atoms with Crippen LogP contribution in [0, 0.1) is 18.3 Å². The molecule has 1 spiro atoms. The second-order valence-electron chi connectivity index (χ2n) is 6.66. The van der Waals surface area contributed by atoms with Crippen LogP contribution in [0.25, 0.3) is 0 Å². The maximum atomic E-state index is 12.4. The Labute approximate surface area is 134 Å². The molecule has 118 valence electrons. The molecule has 3 fully saturated rings. The van der Waals surface area contributed by atoms with Crippen molar-refractivity contribution in [3.63, 3.8) is 0 Å². The van der Waals surface area contributed by atoms with Crippen molar-refractivity contribution in [2.24, 2.45) is 11.3 Å². The van der Waals surface area contributed by atoms with Gasteiger partial charge in [0.25, 0.3) is 0 Å². The molecule has 5 nitrogen and oxygen atoms in total. The molecule has 1 saturated heterocycles. The average molecular weight is 322 g/mol. The van der Waals surface area contributed by atoms with E-state index in [0.717, 1.165) is 25.9 Å². The second-order valence-corrected chi connectivity index (χ2v) is 7.04. The fourth-order valence-electron chi connectivity index (χ4n) is 4.40. The van der Waals surface area contributed by atoms with E-state index in [1.165, 1.54) is 6.42 Å². The first-order valence-corrected chi connectivity index (χ1v) is 8.30. The molecule has 22 heavy (non-hydrogen) atoms. The predicted molar refractivity (Wildman–Crippen MR) is 84.1 cm³/mol. The van der Waals surface area contributed by atoms with Gasteiger partial charge in [-0.05, 0) is 32.3 Å². The molecule has 0 aromatic carbocycles. The van der Waals surface area contributed by atoms with Gasteiger partial charge in [-0.25, -0.2) is 4.79 Å². The Morgan fingerprint density at radius 2 is 2.32 bits per heavy atom. The van der Waals surface area contributed by atoms with Crippen molar-refractivity contribution in [1.82, 2.24) is 10.3 Å². The van der Waals surface area contributed by atoms with Crippen LogP contribution in [-0.4, -0.2) is 29.8 Å². The highest BCUT2D eigenvalue weighted by molar-refractivity contribution is 6.34. The maximum Gasteiger partial charge on any atom is 0.319 e. The molecule has 3 atom stereocenters. The van der Waals surface area contributed by atoms with Crippen molar-refractivity contribution in [2.45, 2.75) is 44.8 Å². The maximum absolute atomic E-state index is 12.4. The Morgan fingerprint density at radius 3 is 3.05 bits per heavy atom. The molecule has 2 saturated carbocycles. The summed E-state index contributed by atoms with van der Waals surface area (Å²) in [4.78, 5) is 16.5. The number of aryl methyl sites for hydroxylation is 1. The van der Waals surface area contributed by atoms with E-state index in [4.69, 9.17) is 16.3 Å². The van der Waals surface area contributed by atoms with E-state index in [1.54, 1.807) is 12.3 Å². The standard InChI is InChI=1S/C16H20ClN3O2/c1-9-12(17)11(3-7-18-9)19-15(21)20-13-10-4-8-22-14(10)16(13)5-2-6-16/h3,7,10,13-14H,2,4-6,8H2,1H3,(H2,18,19,20,21)/t10-,13+,14+/m0/s1. The van der Waals surface area contributed by atoms with E-state index in [1.807, 2.05) is 6.92 Å². The Balaban J connectivity index is 1.45. The molecule has 3 aliphatic rings. The van der Waals surface area contributed by atoms with Gasteiger partial charge in [0.2, 0.25) is 0 Å². The number of amides is 2. The molecule has 2 heterocycles. The van der Waals surface area contributed by atoms with Crippen LogP contribution in [0.3, 0.4) is 0 Å². The molecular weight excluding hydrogens is 302 g/mol.